The molecule has 1 aliphatic carbocycles. The molecule has 2 nitrogen and oxygen atoms in total. The van der Waals surface area contributed by atoms with E-state index < -0.39 is 5.41 Å². The number of nitroso groups, excluding NO2 is 1. The molecule has 4 aromatic rings. The van der Waals surface area contributed by atoms with Crippen LogP contribution >= 0.6 is 0 Å². The van der Waals surface area contributed by atoms with Crippen LogP contribution < -0.4 is 5.46 Å². The average molecular weight is 377 g/mol. The van der Waals surface area contributed by atoms with E-state index in [0.717, 1.165) is 33.3 Å². The van der Waals surface area contributed by atoms with Gasteiger partial charge < -0.3 is 0 Å². The van der Waals surface area contributed by atoms with E-state index in [-0.39, 0.29) is 5.82 Å². The lowest BCUT2D eigenvalue weighted by atomic mass is 9.67. The number of nitrogens with zero attached hydrogens (tertiary/aromatic N) is 1. The lowest BCUT2D eigenvalue weighted by Crippen LogP contribution is -2.30. The SMILES string of the molecule is Bc1ccc2c(c1)C(c1ccc(N=O)cc1)(c1ccccc1F)c1ccccc1-2. The van der Waals surface area contributed by atoms with Gasteiger partial charge in [0.25, 0.3) is 0 Å². The molecule has 0 bridgehead atoms. The Morgan fingerprint density at radius 1 is 0.724 bits per heavy atom. The topological polar surface area (TPSA) is 29.4 Å². The second kappa shape index (κ2) is 6.52. The molecule has 0 aromatic heterocycles. The van der Waals surface area contributed by atoms with E-state index in [9.17, 15) is 4.91 Å². The Bertz CT molecular complexity index is 1250. The molecule has 0 spiro atoms. The van der Waals surface area contributed by atoms with Crippen LogP contribution in [0.4, 0.5) is 10.1 Å². The summed E-state index contributed by atoms with van der Waals surface area (Å²) in [4.78, 5) is 11.0. The minimum absolute atomic E-state index is 0.255. The zero-order valence-corrected chi connectivity index (χ0v) is 15.9. The second-order valence-corrected chi connectivity index (χ2v) is 7.46. The van der Waals surface area contributed by atoms with E-state index in [2.05, 4.69) is 43.4 Å². The largest absolute Gasteiger partial charge is 0.207 e. The molecular formula is C25H17BFNO. The van der Waals surface area contributed by atoms with Gasteiger partial charge in [0.2, 0.25) is 0 Å². The van der Waals surface area contributed by atoms with Gasteiger partial charge >= 0.3 is 0 Å². The molecule has 0 saturated carbocycles. The van der Waals surface area contributed by atoms with E-state index in [0.29, 0.717) is 11.3 Å². The van der Waals surface area contributed by atoms with Crippen LogP contribution in [0, 0.1) is 10.7 Å². The molecule has 0 heterocycles. The van der Waals surface area contributed by atoms with Crippen LogP contribution in [0.5, 0.6) is 0 Å². The third kappa shape index (κ3) is 2.42. The molecule has 1 atom stereocenters. The Morgan fingerprint density at radius 3 is 2.10 bits per heavy atom. The molecule has 0 fully saturated rings. The number of benzene rings is 4. The van der Waals surface area contributed by atoms with Crippen LogP contribution in [-0.4, -0.2) is 7.85 Å². The molecule has 0 amide bonds. The van der Waals surface area contributed by atoms with Crippen LogP contribution in [0.3, 0.4) is 0 Å². The number of hydrogen-bond acceptors (Lipinski definition) is 2. The Morgan fingerprint density at radius 2 is 1.38 bits per heavy atom. The Labute approximate surface area is 169 Å². The molecule has 5 rings (SSSR count). The highest BCUT2D eigenvalue weighted by molar-refractivity contribution is 6.32. The van der Waals surface area contributed by atoms with Gasteiger partial charge in [0.05, 0.1) is 5.41 Å². The Balaban J connectivity index is 1.97. The predicted molar refractivity (Wildman–Crippen MR) is 117 cm³/mol. The maximum absolute atomic E-state index is 15.3. The van der Waals surface area contributed by atoms with Crippen LogP contribution in [-0.2, 0) is 5.41 Å². The fraction of sp³-hybridized carbons (Fsp3) is 0.0400. The summed E-state index contributed by atoms with van der Waals surface area (Å²) in [5.74, 6) is -0.255. The average Bonchev–Trinajstić information content (AvgIpc) is 3.04. The van der Waals surface area contributed by atoms with Crippen LogP contribution in [0.15, 0.2) is 96.2 Å². The lowest BCUT2D eigenvalue weighted by molar-refractivity contribution is 0.584. The minimum Gasteiger partial charge on any atom is -0.207 e. The first-order valence-electron chi connectivity index (χ1n) is 9.56. The first kappa shape index (κ1) is 17.6. The third-order valence-electron chi connectivity index (χ3n) is 5.88. The molecular weight excluding hydrogens is 360 g/mol. The smallest absolute Gasteiger partial charge is 0.139 e. The quantitative estimate of drug-likeness (QED) is 0.327. The monoisotopic (exact) mass is 377 g/mol. The maximum Gasteiger partial charge on any atom is 0.139 e. The summed E-state index contributed by atoms with van der Waals surface area (Å²) in [6.45, 7) is 0. The molecule has 1 unspecified atom stereocenters. The van der Waals surface area contributed by atoms with Crippen LogP contribution in [0.2, 0.25) is 0 Å². The van der Waals surface area contributed by atoms with Gasteiger partial charge in [-0.2, -0.15) is 0 Å². The third-order valence-corrected chi connectivity index (χ3v) is 5.88. The summed E-state index contributed by atoms with van der Waals surface area (Å²) >= 11 is 0. The van der Waals surface area contributed by atoms with Crippen molar-refractivity contribution in [2.24, 2.45) is 5.18 Å². The van der Waals surface area contributed by atoms with E-state index >= 15 is 4.39 Å². The highest BCUT2D eigenvalue weighted by Gasteiger charge is 2.47. The van der Waals surface area contributed by atoms with Crippen molar-refractivity contribution in [3.05, 3.63) is 124 Å². The highest BCUT2D eigenvalue weighted by Crippen LogP contribution is 2.56. The predicted octanol–water partition coefficient (Wildman–Crippen LogP) is 4.85. The van der Waals surface area contributed by atoms with Crippen molar-refractivity contribution in [2.75, 3.05) is 0 Å². The van der Waals surface area contributed by atoms with E-state index in [1.807, 2.05) is 36.4 Å². The van der Waals surface area contributed by atoms with Crippen LogP contribution in [0.1, 0.15) is 22.3 Å². The lowest BCUT2D eigenvalue weighted by Gasteiger charge is -2.34. The molecule has 0 aliphatic heterocycles. The first-order valence-corrected chi connectivity index (χ1v) is 9.56. The first-order chi connectivity index (χ1) is 14.2. The summed E-state index contributed by atoms with van der Waals surface area (Å²) < 4.78 is 15.3. The zero-order valence-electron chi connectivity index (χ0n) is 15.9. The molecule has 138 valence electrons. The summed E-state index contributed by atoms with van der Waals surface area (Å²) in [7, 11) is 2.05. The number of rotatable bonds is 3. The number of fused-ring (bicyclic) bond motifs is 3. The molecule has 1 aliphatic rings. The van der Waals surface area contributed by atoms with Gasteiger partial charge in [0.1, 0.15) is 19.4 Å². The molecule has 29 heavy (non-hydrogen) atoms. The number of hydrogen-bond donors (Lipinski definition) is 0. The van der Waals surface area contributed by atoms with Crippen molar-refractivity contribution < 1.29 is 4.39 Å². The normalized spacial score (nSPS) is 16.9. The van der Waals surface area contributed by atoms with Crippen molar-refractivity contribution >= 4 is 19.0 Å². The van der Waals surface area contributed by atoms with Crippen molar-refractivity contribution in [3.8, 4) is 11.1 Å². The van der Waals surface area contributed by atoms with Gasteiger partial charge in [-0.15, -0.1) is 4.91 Å². The van der Waals surface area contributed by atoms with Gasteiger partial charge in [0.15, 0.2) is 0 Å². The van der Waals surface area contributed by atoms with Gasteiger partial charge in [0, 0.05) is 5.56 Å². The Hall–Kier alpha value is -3.53. The molecule has 0 N–H and O–H groups in total. The zero-order chi connectivity index (χ0) is 20.0. The fourth-order valence-electron chi connectivity index (χ4n) is 4.69. The van der Waals surface area contributed by atoms with Gasteiger partial charge in [-0.05, 0) is 51.2 Å². The van der Waals surface area contributed by atoms with E-state index in [1.165, 1.54) is 6.07 Å². The summed E-state index contributed by atoms with van der Waals surface area (Å²) in [5, 5.41) is 3.03. The molecule has 4 aromatic carbocycles. The van der Waals surface area contributed by atoms with Crippen molar-refractivity contribution in [1.29, 1.82) is 0 Å². The summed E-state index contributed by atoms with van der Waals surface area (Å²) in [5.41, 5.74) is 6.47. The summed E-state index contributed by atoms with van der Waals surface area (Å²) in [6.07, 6.45) is 0. The highest BCUT2D eigenvalue weighted by atomic mass is 19.1. The van der Waals surface area contributed by atoms with E-state index in [4.69, 9.17) is 0 Å². The summed E-state index contributed by atoms with van der Waals surface area (Å²) in [6, 6.07) is 28.6. The van der Waals surface area contributed by atoms with Crippen molar-refractivity contribution in [2.45, 2.75) is 5.41 Å². The molecule has 0 saturated heterocycles. The maximum atomic E-state index is 15.3. The van der Waals surface area contributed by atoms with Gasteiger partial charge in [-0.25, -0.2) is 4.39 Å². The van der Waals surface area contributed by atoms with Crippen molar-refractivity contribution in [3.63, 3.8) is 0 Å². The van der Waals surface area contributed by atoms with Gasteiger partial charge in [-0.3, -0.25) is 0 Å². The molecule has 0 radical (unpaired) electrons. The standard InChI is InChI=1S/C25H17BFNO/c26-17-11-14-20-19-5-1-2-6-21(19)25(23(20)15-17,22-7-3-4-8-24(22)27)16-9-12-18(28-29)13-10-16/h1-15H,26H2. The Kier molecular flexibility index (Phi) is 3.95. The fourth-order valence-corrected chi connectivity index (χ4v) is 4.69. The minimum atomic E-state index is -0.801. The van der Waals surface area contributed by atoms with Crippen LogP contribution in [0.25, 0.3) is 11.1 Å². The van der Waals surface area contributed by atoms with Gasteiger partial charge in [-0.1, -0.05) is 78.3 Å². The number of halogens is 1. The second-order valence-electron chi connectivity index (χ2n) is 7.46. The molecule has 4 heteroatoms. The van der Waals surface area contributed by atoms with Crippen molar-refractivity contribution in [1.82, 2.24) is 0 Å². The van der Waals surface area contributed by atoms with E-state index in [1.54, 1.807) is 18.2 Å².